The molecule has 0 radical (unpaired) electrons. The number of amides is 1. The average molecular weight is 323 g/mol. The van der Waals surface area contributed by atoms with E-state index in [2.05, 4.69) is 5.32 Å². The number of carboxylic acid groups (broad SMARTS) is 1. The van der Waals surface area contributed by atoms with E-state index in [1.807, 2.05) is 26.0 Å². The van der Waals surface area contributed by atoms with Gasteiger partial charge >= 0.3 is 12.1 Å². The van der Waals surface area contributed by atoms with E-state index in [1.165, 1.54) is 0 Å². The van der Waals surface area contributed by atoms with Gasteiger partial charge in [-0.15, -0.1) is 0 Å². The molecule has 1 aromatic rings. The molecule has 0 saturated heterocycles. The monoisotopic (exact) mass is 323 g/mol. The Morgan fingerprint density at radius 2 is 1.74 bits per heavy atom. The van der Waals surface area contributed by atoms with Crippen LogP contribution in [0.2, 0.25) is 0 Å². The molecule has 2 N–H and O–H groups in total. The van der Waals surface area contributed by atoms with E-state index < -0.39 is 23.7 Å². The lowest BCUT2D eigenvalue weighted by Gasteiger charge is -2.22. The van der Waals surface area contributed by atoms with Crippen molar-refractivity contribution in [2.24, 2.45) is 0 Å². The normalized spacial score (nSPS) is 12.4. The van der Waals surface area contributed by atoms with Gasteiger partial charge in [0.15, 0.2) is 0 Å². The summed E-state index contributed by atoms with van der Waals surface area (Å²) < 4.78 is 10.4. The summed E-state index contributed by atoms with van der Waals surface area (Å²) in [4.78, 5) is 23.2. The second kappa shape index (κ2) is 7.35. The fourth-order valence-electron chi connectivity index (χ4n) is 2.37. The number of carbonyl (C=O) groups is 2. The summed E-state index contributed by atoms with van der Waals surface area (Å²) in [5, 5.41) is 11.7. The van der Waals surface area contributed by atoms with Gasteiger partial charge in [0.2, 0.25) is 0 Å². The third-order valence-electron chi connectivity index (χ3n) is 3.15. The quantitative estimate of drug-likeness (QED) is 0.870. The molecule has 23 heavy (non-hydrogen) atoms. The highest BCUT2D eigenvalue weighted by molar-refractivity contribution is 5.80. The van der Waals surface area contributed by atoms with Crippen molar-refractivity contribution in [3.05, 3.63) is 28.8 Å². The number of ether oxygens (including phenoxy) is 2. The van der Waals surface area contributed by atoms with Crippen LogP contribution in [0.3, 0.4) is 0 Å². The average Bonchev–Trinajstić information content (AvgIpc) is 2.35. The number of methoxy groups -OCH3 is 1. The Kier molecular flexibility index (Phi) is 6.01. The van der Waals surface area contributed by atoms with Crippen molar-refractivity contribution in [1.82, 2.24) is 5.32 Å². The minimum atomic E-state index is -1.11. The van der Waals surface area contributed by atoms with Crippen LogP contribution in [0.25, 0.3) is 0 Å². The zero-order valence-corrected chi connectivity index (χ0v) is 14.5. The molecule has 0 aliphatic carbocycles. The van der Waals surface area contributed by atoms with Gasteiger partial charge in [-0.3, -0.25) is 0 Å². The second-order valence-corrected chi connectivity index (χ2v) is 6.50. The first-order valence-electron chi connectivity index (χ1n) is 7.40. The van der Waals surface area contributed by atoms with Gasteiger partial charge in [-0.1, -0.05) is 12.1 Å². The predicted octanol–water partition coefficient (Wildman–Crippen LogP) is 2.83. The summed E-state index contributed by atoms with van der Waals surface area (Å²) >= 11 is 0. The number of aryl methyl sites for hydroxylation is 2. The van der Waals surface area contributed by atoms with Crippen molar-refractivity contribution in [3.8, 4) is 5.75 Å². The lowest BCUT2D eigenvalue weighted by molar-refractivity contribution is -0.139. The van der Waals surface area contributed by atoms with Gasteiger partial charge in [-0.05, 0) is 51.3 Å². The summed E-state index contributed by atoms with van der Waals surface area (Å²) in [6, 6.07) is 2.66. The number of carboxylic acids is 1. The molecule has 0 unspecified atom stereocenters. The van der Waals surface area contributed by atoms with Crippen molar-refractivity contribution in [2.45, 2.75) is 52.7 Å². The van der Waals surface area contributed by atoms with Gasteiger partial charge in [0.1, 0.15) is 17.4 Å². The van der Waals surface area contributed by atoms with Crippen LogP contribution in [-0.4, -0.2) is 35.9 Å². The molecular formula is C17H25NO5. The van der Waals surface area contributed by atoms with E-state index in [0.29, 0.717) is 0 Å². The molecule has 0 aliphatic rings. The number of nitrogens with one attached hydrogen (secondary N) is 1. The highest BCUT2D eigenvalue weighted by Crippen LogP contribution is 2.25. The number of benzene rings is 1. The van der Waals surface area contributed by atoms with Crippen LogP contribution in [-0.2, 0) is 16.0 Å². The first kappa shape index (κ1) is 18.8. The zero-order chi connectivity index (χ0) is 17.8. The highest BCUT2D eigenvalue weighted by atomic mass is 16.6. The summed E-state index contributed by atoms with van der Waals surface area (Å²) in [6.45, 7) is 8.95. The Labute approximate surface area is 136 Å². The van der Waals surface area contributed by atoms with Crippen LogP contribution in [0.4, 0.5) is 4.79 Å². The molecule has 0 saturated carbocycles. The number of rotatable bonds is 5. The Balaban J connectivity index is 2.89. The fourth-order valence-corrected chi connectivity index (χ4v) is 2.37. The smallest absolute Gasteiger partial charge is 0.408 e. The van der Waals surface area contributed by atoms with E-state index in [4.69, 9.17) is 9.47 Å². The lowest BCUT2D eigenvalue weighted by atomic mass is 10.00. The van der Waals surface area contributed by atoms with Gasteiger partial charge in [0.05, 0.1) is 7.11 Å². The number of alkyl carbamates (subject to hydrolysis) is 1. The molecular weight excluding hydrogens is 298 g/mol. The Morgan fingerprint density at radius 3 is 2.13 bits per heavy atom. The van der Waals surface area contributed by atoms with Gasteiger partial charge in [-0.2, -0.15) is 0 Å². The van der Waals surface area contributed by atoms with Crippen molar-refractivity contribution in [2.75, 3.05) is 7.11 Å². The number of aliphatic carboxylic acids is 1. The maximum absolute atomic E-state index is 11.8. The molecule has 0 aliphatic heterocycles. The highest BCUT2D eigenvalue weighted by Gasteiger charge is 2.24. The molecule has 0 bridgehead atoms. The Morgan fingerprint density at radius 1 is 1.22 bits per heavy atom. The lowest BCUT2D eigenvalue weighted by Crippen LogP contribution is -2.44. The van der Waals surface area contributed by atoms with E-state index >= 15 is 0 Å². The minimum absolute atomic E-state index is 0.167. The minimum Gasteiger partial charge on any atom is -0.496 e. The van der Waals surface area contributed by atoms with E-state index in [9.17, 15) is 14.7 Å². The SMILES string of the molecule is COc1c(C)cc(C[C@H](NC(=O)OC(C)(C)C)C(=O)O)cc1C. The van der Waals surface area contributed by atoms with Crippen molar-refractivity contribution >= 4 is 12.1 Å². The summed E-state index contributed by atoms with van der Waals surface area (Å²) in [6.07, 6.45) is -0.577. The molecule has 6 nitrogen and oxygen atoms in total. The van der Waals surface area contributed by atoms with Gasteiger partial charge in [0, 0.05) is 6.42 Å². The van der Waals surface area contributed by atoms with E-state index in [1.54, 1.807) is 27.9 Å². The fraction of sp³-hybridized carbons (Fsp3) is 0.529. The van der Waals surface area contributed by atoms with Gasteiger partial charge in [-0.25, -0.2) is 9.59 Å². The zero-order valence-electron chi connectivity index (χ0n) is 14.5. The van der Waals surface area contributed by atoms with E-state index in [-0.39, 0.29) is 6.42 Å². The molecule has 128 valence electrons. The molecule has 1 atom stereocenters. The Bertz CT molecular complexity index is 566. The molecule has 1 rings (SSSR count). The second-order valence-electron chi connectivity index (χ2n) is 6.50. The molecule has 0 aromatic heterocycles. The van der Waals surface area contributed by atoms with Gasteiger partial charge < -0.3 is 19.9 Å². The van der Waals surface area contributed by atoms with Crippen LogP contribution in [0.1, 0.15) is 37.5 Å². The van der Waals surface area contributed by atoms with Crippen molar-refractivity contribution < 1.29 is 24.2 Å². The maximum Gasteiger partial charge on any atom is 0.408 e. The van der Waals surface area contributed by atoms with Gasteiger partial charge in [0.25, 0.3) is 0 Å². The largest absolute Gasteiger partial charge is 0.496 e. The maximum atomic E-state index is 11.8. The van der Waals surface area contributed by atoms with Crippen LogP contribution >= 0.6 is 0 Å². The molecule has 0 spiro atoms. The first-order valence-corrected chi connectivity index (χ1v) is 7.40. The molecule has 0 heterocycles. The topological polar surface area (TPSA) is 84.9 Å². The molecule has 0 fully saturated rings. The summed E-state index contributed by atoms with van der Waals surface area (Å²) in [7, 11) is 1.60. The summed E-state index contributed by atoms with van der Waals surface area (Å²) in [5.41, 5.74) is 1.97. The Hall–Kier alpha value is -2.24. The van der Waals surface area contributed by atoms with Crippen molar-refractivity contribution in [3.63, 3.8) is 0 Å². The predicted molar refractivity (Wildman–Crippen MR) is 87.0 cm³/mol. The molecule has 1 aromatic carbocycles. The third-order valence-corrected chi connectivity index (χ3v) is 3.15. The van der Waals surface area contributed by atoms with Crippen LogP contribution < -0.4 is 10.1 Å². The third kappa shape index (κ3) is 5.81. The number of hydrogen-bond acceptors (Lipinski definition) is 4. The number of carbonyl (C=O) groups excluding carboxylic acids is 1. The van der Waals surface area contributed by atoms with Crippen LogP contribution in [0.15, 0.2) is 12.1 Å². The summed E-state index contributed by atoms with van der Waals surface area (Å²) in [5.74, 6) is -0.331. The van der Waals surface area contributed by atoms with Crippen LogP contribution in [0, 0.1) is 13.8 Å². The van der Waals surface area contributed by atoms with Crippen LogP contribution in [0.5, 0.6) is 5.75 Å². The molecule has 6 heteroatoms. The standard InChI is InChI=1S/C17H25NO5/c1-10-7-12(8-11(2)14(10)22-6)9-13(15(19)20)18-16(21)23-17(3,4)5/h7-8,13H,9H2,1-6H3,(H,18,21)(H,19,20)/t13-/m0/s1. The van der Waals surface area contributed by atoms with Crippen molar-refractivity contribution in [1.29, 1.82) is 0 Å². The number of hydrogen-bond donors (Lipinski definition) is 2. The first-order chi connectivity index (χ1) is 10.5. The van der Waals surface area contributed by atoms with E-state index in [0.717, 1.165) is 22.4 Å². The molecule has 1 amide bonds.